The number of thiazole rings is 1. The van der Waals surface area contributed by atoms with Crippen LogP contribution in [-0.4, -0.2) is 36.7 Å². The van der Waals surface area contributed by atoms with Crippen LogP contribution in [0.3, 0.4) is 0 Å². The summed E-state index contributed by atoms with van der Waals surface area (Å²) in [6.07, 6.45) is 1.81. The molecule has 29 heavy (non-hydrogen) atoms. The van der Waals surface area contributed by atoms with Crippen molar-refractivity contribution in [1.82, 2.24) is 14.6 Å². The Morgan fingerprint density at radius 2 is 1.90 bits per heavy atom. The Morgan fingerprint density at radius 3 is 2.55 bits per heavy atom. The van der Waals surface area contributed by atoms with Crippen LogP contribution in [0.25, 0.3) is 10.8 Å². The molecule has 9 heteroatoms. The third kappa shape index (κ3) is 4.26. The largest absolute Gasteiger partial charge is 0.459 e. The van der Waals surface area contributed by atoms with Crippen molar-refractivity contribution in [2.75, 3.05) is 13.1 Å². The Hall–Kier alpha value is -2.49. The molecule has 0 unspecified atom stereocenters. The van der Waals surface area contributed by atoms with Crippen molar-refractivity contribution in [3.8, 4) is 10.8 Å². The number of hydrogen-bond acceptors (Lipinski definition) is 6. The standard InChI is InChI=1S/C20H21N3O4S2/c1-14-4-9-18(27-14)20-22-17(13-28-20)19(24)21-12-15-5-7-16(8-6-15)29(25,26)23-10-2-3-11-23/h4-9,13H,2-3,10-12H2,1H3,(H,21,24). The lowest BCUT2D eigenvalue weighted by Crippen LogP contribution is -2.28. The number of hydrogen-bond donors (Lipinski definition) is 1. The highest BCUT2D eigenvalue weighted by Crippen LogP contribution is 2.25. The second kappa shape index (κ2) is 8.10. The predicted molar refractivity (Wildman–Crippen MR) is 110 cm³/mol. The Balaban J connectivity index is 1.38. The number of sulfonamides is 1. The SMILES string of the molecule is Cc1ccc(-c2nc(C(=O)NCc3ccc(S(=O)(=O)N4CCCC4)cc3)cs2)o1. The van der Waals surface area contributed by atoms with Crippen molar-refractivity contribution in [2.24, 2.45) is 0 Å². The van der Waals surface area contributed by atoms with E-state index < -0.39 is 10.0 Å². The number of nitrogens with one attached hydrogen (secondary N) is 1. The van der Waals surface area contributed by atoms with E-state index in [4.69, 9.17) is 4.42 Å². The normalized spacial score (nSPS) is 14.9. The first-order valence-electron chi connectivity index (χ1n) is 9.33. The van der Waals surface area contributed by atoms with Gasteiger partial charge in [0.25, 0.3) is 5.91 Å². The molecule has 1 aliphatic heterocycles. The Bertz CT molecular complexity index is 1110. The summed E-state index contributed by atoms with van der Waals surface area (Å²) in [5, 5.41) is 5.15. The zero-order valence-electron chi connectivity index (χ0n) is 15.9. The fourth-order valence-corrected chi connectivity index (χ4v) is 5.45. The number of carbonyl (C=O) groups excluding carboxylic acids is 1. The molecule has 1 amide bonds. The summed E-state index contributed by atoms with van der Waals surface area (Å²) in [6.45, 7) is 3.29. The molecule has 1 aromatic carbocycles. The number of aryl methyl sites for hydroxylation is 1. The highest BCUT2D eigenvalue weighted by atomic mass is 32.2. The molecular weight excluding hydrogens is 410 g/mol. The van der Waals surface area contributed by atoms with Crippen molar-refractivity contribution in [3.05, 3.63) is 58.8 Å². The summed E-state index contributed by atoms with van der Waals surface area (Å²) >= 11 is 1.35. The van der Waals surface area contributed by atoms with Crippen molar-refractivity contribution in [3.63, 3.8) is 0 Å². The number of furan rings is 1. The quantitative estimate of drug-likeness (QED) is 0.646. The summed E-state index contributed by atoms with van der Waals surface area (Å²) in [6, 6.07) is 10.3. The van der Waals surface area contributed by atoms with Crippen LogP contribution in [0, 0.1) is 6.92 Å². The Labute approximate surface area is 173 Å². The number of amides is 1. The van der Waals surface area contributed by atoms with Crippen LogP contribution >= 0.6 is 11.3 Å². The Kier molecular flexibility index (Phi) is 5.53. The molecule has 3 heterocycles. The lowest BCUT2D eigenvalue weighted by Gasteiger charge is -2.15. The maximum atomic E-state index is 12.6. The molecule has 1 fully saturated rings. The summed E-state index contributed by atoms with van der Waals surface area (Å²) in [5.74, 6) is 1.14. The molecule has 1 N–H and O–H groups in total. The molecule has 1 saturated heterocycles. The smallest absolute Gasteiger partial charge is 0.271 e. The molecule has 0 spiro atoms. The van der Waals surface area contributed by atoms with Gasteiger partial charge in [-0.3, -0.25) is 4.79 Å². The van der Waals surface area contributed by atoms with Crippen LogP contribution in [0.4, 0.5) is 0 Å². The number of rotatable bonds is 6. The van der Waals surface area contributed by atoms with Gasteiger partial charge >= 0.3 is 0 Å². The van der Waals surface area contributed by atoms with E-state index in [9.17, 15) is 13.2 Å². The first-order chi connectivity index (χ1) is 13.9. The van der Waals surface area contributed by atoms with E-state index in [1.165, 1.54) is 15.6 Å². The van der Waals surface area contributed by atoms with E-state index in [0.717, 1.165) is 24.2 Å². The molecule has 0 bridgehead atoms. The van der Waals surface area contributed by atoms with Crippen LogP contribution in [0.15, 0.2) is 51.1 Å². The van der Waals surface area contributed by atoms with Gasteiger partial charge in [0, 0.05) is 25.0 Å². The third-order valence-electron chi connectivity index (χ3n) is 4.77. The molecule has 0 aliphatic carbocycles. The van der Waals surface area contributed by atoms with Gasteiger partial charge in [0.2, 0.25) is 10.0 Å². The molecule has 1 aliphatic rings. The predicted octanol–water partition coefficient (Wildman–Crippen LogP) is 3.43. The number of nitrogens with zero attached hydrogens (tertiary/aromatic N) is 2. The molecule has 0 atom stereocenters. The fraction of sp³-hybridized carbons (Fsp3) is 0.300. The summed E-state index contributed by atoms with van der Waals surface area (Å²) in [4.78, 5) is 17.0. The zero-order chi connectivity index (χ0) is 20.4. The molecule has 0 radical (unpaired) electrons. The van der Waals surface area contributed by atoms with E-state index in [1.54, 1.807) is 29.6 Å². The maximum absolute atomic E-state index is 12.6. The molecule has 152 valence electrons. The van der Waals surface area contributed by atoms with Crippen molar-refractivity contribution in [2.45, 2.75) is 31.2 Å². The van der Waals surface area contributed by atoms with Crippen molar-refractivity contribution in [1.29, 1.82) is 0 Å². The highest BCUT2D eigenvalue weighted by molar-refractivity contribution is 7.89. The summed E-state index contributed by atoms with van der Waals surface area (Å²) < 4.78 is 32.2. The summed E-state index contributed by atoms with van der Waals surface area (Å²) in [7, 11) is -3.42. The first kappa shape index (κ1) is 19.8. The van der Waals surface area contributed by atoms with Gasteiger partial charge in [-0.15, -0.1) is 11.3 Å². The number of carbonyl (C=O) groups is 1. The zero-order valence-corrected chi connectivity index (χ0v) is 17.6. The average molecular weight is 432 g/mol. The van der Waals surface area contributed by atoms with Crippen molar-refractivity contribution < 1.29 is 17.6 Å². The van der Waals surface area contributed by atoms with E-state index in [1.807, 2.05) is 19.1 Å². The number of aromatic nitrogens is 1. The van der Waals surface area contributed by atoms with E-state index in [0.29, 0.717) is 29.6 Å². The molecule has 3 aromatic rings. The third-order valence-corrected chi connectivity index (χ3v) is 7.54. The number of benzene rings is 1. The monoisotopic (exact) mass is 431 g/mol. The maximum Gasteiger partial charge on any atom is 0.271 e. The van der Waals surface area contributed by atoms with Gasteiger partial charge in [0.05, 0.1) is 4.90 Å². The van der Waals surface area contributed by atoms with Gasteiger partial charge in [-0.1, -0.05) is 12.1 Å². The van der Waals surface area contributed by atoms with Crippen LogP contribution < -0.4 is 5.32 Å². The van der Waals surface area contributed by atoms with Crippen LogP contribution in [-0.2, 0) is 16.6 Å². The molecule has 0 saturated carbocycles. The molecular formula is C20H21N3O4S2. The van der Waals surface area contributed by atoms with Crippen LogP contribution in [0.1, 0.15) is 34.7 Å². The lowest BCUT2D eigenvalue weighted by molar-refractivity contribution is 0.0946. The minimum Gasteiger partial charge on any atom is -0.459 e. The summed E-state index contributed by atoms with van der Waals surface area (Å²) in [5.41, 5.74) is 1.14. The molecule has 7 nitrogen and oxygen atoms in total. The van der Waals surface area contributed by atoms with E-state index >= 15 is 0 Å². The Morgan fingerprint density at radius 1 is 1.17 bits per heavy atom. The van der Waals surface area contributed by atoms with Gasteiger partial charge in [-0.25, -0.2) is 13.4 Å². The minimum absolute atomic E-state index is 0.285. The molecule has 2 aromatic heterocycles. The van der Waals surface area contributed by atoms with Crippen molar-refractivity contribution >= 4 is 27.3 Å². The second-order valence-electron chi connectivity index (χ2n) is 6.89. The van der Waals surface area contributed by atoms with Gasteiger partial charge in [0.1, 0.15) is 11.5 Å². The highest BCUT2D eigenvalue weighted by Gasteiger charge is 2.26. The van der Waals surface area contributed by atoms with Crippen LogP contribution in [0.5, 0.6) is 0 Å². The van der Waals surface area contributed by atoms with Gasteiger partial charge in [-0.05, 0) is 49.6 Å². The van der Waals surface area contributed by atoms with Gasteiger partial charge in [-0.2, -0.15) is 4.31 Å². The molecule has 4 rings (SSSR count). The first-order valence-corrected chi connectivity index (χ1v) is 11.6. The van der Waals surface area contributed by atoms with E-state index in [-0.39, 0.29) is 17.3 Å². The fourth-order valence-electron chi connectivity index (χ4n) is 3.17. The average Bonchev–Trinajstić information content (AvgIpc) is 3.47. The topological polar surface area (TPSA) is 92.5 Å². The van der Waals surface area contributed by atoms with E-state index in [2.05, 4.69) is 10.3 Å². The van der Waals surface area contributed by atoms with Gasteiger partial charge in [0.15, 0.2) is 10.8 Å². The lowest BCUT2D eigenvalue weighted by atomic mass is 10.2. The minimum atomic E-state index is -3.42. The van der Waals surface area contributed by atoms with Gasteiger partial charge < -0.3 is 9.73 Å². The van der Waals surface area contributed by atoms with Crippen LogP contribution in [0.2, 0.25) is 0 Å². The second-order valence-corrected chi connectivity index (χ2v) is 9.68.